The molecule has 10 heteroatoms. The van der Waals surface area contributed by atoms with Crippen molar-refractivity contribution in [2.45, 2.75) is 0 Å². The Bertz CT molecular complexity index is 237. The Kier molecular flexibility index (Phi) is 5.52. The SMILES string of the molecule is [O]=[Cr](=[O])([O-])[O][Cr](=[O])(=[O])[O-].[TeH4+2]. The van der Waals surface area contributed by atoms with Crippen LogP contribution in [0.3, 0.4) is 0 Å². The third-order valence-corrected chi connectivity index (χ3v) is 2.83. The molecule has 0 saturated carbocycles. The second kappa shape index (κ2) is 4.08. The molecule has 7 nitrogen and oxygen atoms in total. The van der Waals surface area contributed by atoms with Gasteiger partial charge < -0.3 is 0 Å². The summed E-state index contributed by atoms with van der Waals surface area (Å²) in [6.45, 7) is 0. The van der Waals surface area contributed by atoms with Crippen molar-refractivity contribution in [3.63, 3.8) is 0 Å². The van der Waals surface area contributed by atoms with Gasteiger partial charge >= 0.3 is 77.3 Å². The summed E-state index contributed by atoms with van der Waals surface area (Å²) in [5, 5.41) is 0. The minimum absolute atomic E-state index is 0. The molecule has 10 heavy (non-hydrogen) atoms. The van der Waals surface area contributed by atoms with Crippen LogP contribution in [-0.4, -0.2) is 23.7 Å². The molecule has 0 rings (SSSR count). The maximum atomic E-state index is 9.38. The zero-order valence-electron chi connectivity index (χ0n) is 4.38. The minimum atomic E-state index is -6.07. The van der Waals surface area contributed by atoms with E-state index in [0.717, 1.165) is 0 Å². The quantitative estimate of drug-likeness (QED) is 0.462. The molecule has 0 radical (unpaired) electrons. The molecule has 0 unspecified atom stereocenters. The average molecular weight is 348 g/mol. The third-order valence-electron chi connectivity index (χ3n) is 0.167. The van der Waals surface area contributed by atoms with Gasteiger partial charge in [-0.25, -0.2) is 0 Å². The van der Waals surface area contributed by atoms with Crippen LogP contribution in [0.25, 0.3) is 0 Å². The summed E-state index contributed by atoms with van der Waals surface area (Å²) in [5.41, 5.74) is 0. The van der Waals surface area contributed by atoms with Gasteiger partial charge in [0, 0.05) is 0 Å². The van der Waals surface area contributed by atoms with Crippen LogP contribution in [0.5, 0.6) is 0 Å². The fraction of sp³-hybridized carbons (Fsp3) is 0. The van der Waals surface area contributed by atoms with Crippen LogP contribution in [-0.2, 0) is 45.3 Å². The zero-order chi connectivity index (χ0) is 7.71. The van der Waals surface area contributed by atoms with Gasteiger partial charge in [0.05, 0.1) is 0 Å². The number of hydrogen-bond donors (Lipinski definition) is 0. The molecule has 0 amide bonds. The molecule has 0 saturated heterocycles. The van der Waals surface area contributed by atoms with Crippen molar-refractivity contribution in [3.8, 4) is 0 Å². The van der Waals surface area contributed by atoms with E-state index in [2.05, 4.69) is 2.84 Å². The molecule has 0 N–H and O–H groups in total. The van der Waals surface area contributed by atoms with Gasteiger partial charge in [-0.1, -0.05) is 0 Å². The first-order valence-corrected chi connectivity index (χ1v) is 5.50. The molecule has 0 aliphatic heterocycles. The maximum absolute atomic E-state index is 9.38. The van der Waals surface area contributed by atoms with Crippen LogP contribution in [0.15, 0.2) is 0 Å². The van der Waals surface area contributed by atoms with Crippen molar-refractivity contribution in [2.75, 3.05) is 0 Å². The van der Waals surface area contributed by atoms with Gasteiger partial charge in [-0.15, -0.1) is 0 Å². The number of rotatable bonds is 2. The Labute approximate surface area is 76.9 Å². The monoisotopic (exact) mass is 350 g/mol. The van der Waals surface area contributed by atoms with Crippen LogP contribution < -0.4 is 8.32 Å². The summed E-state index contributed by atoms with van der Waals surface area (Å²) < 4.78 is 58.9. The Balaban J connectivity index is 0. The van der Waals surface area contributed by atoms with Crippen LogP contribution in [0.4, 0.5) is 0 Å². The second-order valence-corrected chi connectivity index (χ2v) is 4.52. The first-order chi connectivity index (χ1) is 3.71. The van der Waals surface area contributed by atoms with E-state index in [9.17, 15) is 23.5 Å². The van der Waals surface area contributed by atoms with Gasteiger partial charge in [0.1, 0.15) is 0 Å². The van der Waals surface area contributed by atoms with E-state index in [4.69, 9.17) is 0 Å². The van der Waals surface area contributed by atoms with Crippen molar-refractivity contribution in [2.24, 2.45) is 0 Å². The molecule has 0 aromatic heterocycles. The van der Waals surface area contributed by atoms with Crippen molar-refractivity contribution in [1.82, 2.24) is 0 Å². The molecule has 0 atom stereocenters. The van der Waals surface area contributed by atoms with E-state index < -0.39 is 27.2 Å². The normalized spacial score (nSPS) is 12.2. The predicted octanol–water partition coefficient (Wildman–Crippen LogP) is -4.38. The first-order valence-electron chi connectivity index (χ1n) is 1.33. The summed E-state index contributed by atoms with van der Waals surface area (Å²) in [4.78, 5) is 0. The Hall–Kier alpha value is 0.935. The molecule has 0 aliphatic rings. The summed E-state index contributed by atoms with van der Waals surface area (Å²) in [7, 11) is 0. The van der Waals surface area contributed by atoms with Crippen molar-refractivity contribution < 1.29 is 53.6 Å². The van der Waals surface area contributed by atoms with E-state index in [0.29, 0.717) is 0 Å². The van der Waals surface area contributed by atoms with Crippen molar-refractivity contribution >= 4 is 23.7 Å². The fourth-order valence-electron chi connectivity index (χ4n) is 0.102. The van der Waals surface area contributed by atoms with Gasteiger partial charge in [0.25, 0.3) is 0 Å². The molecule has 0 bridgehead atoms. The van der Waals surface area contributed by atoms with Gasteiger partial charge in [0.2, 0.25) is 0 Å². The summed E-state index contributed by atoms with van der Waals surface area (Å²) in [6.07, 6.45) is 0. The van der Waals surface area contributed by atoms with Crippen LogP contribution in [0.2, 0.25) is 0 Å². The molecule has 0 heterocycles. The molecule has 0 fully saturated rings. The Morgan fingerprint density at radius 3 is 1.10 bits per heavy atom. The van der Waals surface area contributed by atoms with Gasteiger partial charge in [-0.2, -0.15) is 0 Å². The van der Waals surface area contributed by atoms with Crippen LogP contribution in [0.1, 0.15) is 0 Å². The first kappa shape index (κ1) is 13.5. The molecule has 0 aliphatic carbocycles. The summed E-state index contributed by atoms with van der Waals surface area (Å²) in [6, 6.07) is 0. The topological polar surface area (TPSA) is 124 Å². The van der Waals surface area contributed by atoms with Crippen molar-refractivity contribution in [1.29, 1.82) is 0 Å². The van der Waals surface area contributed by atoms with E-state index in [1.807, 2.05) is 0 Å². The second-order valence-electron chi connectivity index (χ2n) is 0.885. The Morgan fingerprint density at radius 2 is 1.10 bits per heavy atom. The van der Waals surface area contributed by atoms with Gasteiger partial charge in [-0.05, 0) is 0 Å². The molecule has 0 aromatic carbocycles. The van der Waals surface area contributed by atoms with Gasteiger partial charge in [0.15, 0.2) is 0 Å². The molecular weight excluding hydrogens is 344 g/mol. The fourth-order valence-corrected chi connectivity index (χ4v) is 1.74. The third kappa shape index (κ3) is 11.7. The van der Waals surface area contributed by atoms with Crippen LogP contribution >= 0.6 is 0 Å². The number of hydrogen-bond acceptors (Lipinski definition) is 7. The summed E-state index contributed by atoms with van der Waals surface area (Å²) >= 11 is -12.1. The standard InChI is InChI=1S/2Cr.7O.H4Te/h;;;;;;;;;1H4/q;;;;;;;2*-1;+2. The van der Waals surface area contributed by atoms with E-state index in [1.165, 1.54) is 0 Å². The van der Waals surface area contributed by atoms with E-state index in [1.54, 1.807) is 0 Å². The zero-order valence-corrected chi connectivity index (χ0v) is 11.0. The molecule has 64 valence electrons. The summed E-state index contributed by atoms with van der Waals surface area (Å²) in [5.74, 6) is 0. The molecule has 0 aromatic rings. The Morgan fingerprint density at radius 1 is 0.900 bits per heavy atom. The van der Waals surface area contributed by atoms with Crippen molar-refractivity contribution in [3.05, 3.63) is 0 Å². The van der Waals surface area contributed by atoms with Crippen LogP contribution in [0, 0.1) is 0 Å². The average Bonchev–Trinajstić information content (AvgIpc) is 1.14. The van der Waals surface area contributed by atoms with E-state index >= 15 is 0 Å². The van der Waals surface area contributed by atoms with E-state index in [-0.39, 0.29) is 23.7 Å². The molecular formula is H4Cr2O7Te. The predicted molar refractivity (Wildman–Crippen MR) is 15.2 cm³/mol. The molecule has 0 spiro atoms. The van der Waals surface area contributed by atoms with Gasteiger partial charge in [-0.3, -0.25) is 0 Å².